The summed E-state index contributed by atoms with van der Waals surface area (Å²) >= 11 is 1.70. The van der Waals surface area contributed by atoms with E-state index in [1.807, 2.05) is 0 Å². The number of rotatable bonds is 13. The van der Waals surface area contributed by atoms with Crippen LogP contribution in [0.15, 0.2) is 10.1 Å². The molecular formula is C21H41IN6OS. The SMILES string of the molecule is CCNC(=NCCCc1nnc(SC)n1C1CCCC1)NCCCOCC(C)C.I. The average Bonchev–Trinajstić information content (AvgIpc) is 3.36. The van der Waals surface area contributed by atoms with Gasteiger partial charge in [-0.1, -0.05) is 38.5 Å². The van der Waals surface area contributed by atoms with Crippen LogP contribution in [0, 0.1) is 5.92 Å². The van der Waals surface area contributed by atoms with Gasteiger partial charge in [0, 0.05) is 45.3 Å². The standard InChI is InChI=1S/C21H40N6OS.HI/c1-5-22-20(24-14-9-15-28-16-17(2)3)23-13-8-12-19-25-26-21(29-4)27(19)18-10-6-7-11-18;/h17-18H,5-16H2,1-4H3,(H2,22,23,24);1H. The number of nitrogens with one attached hydrogen (secondary N) is 2. The fraction of sp³-hybridized carbons (Fsp3) is 0.857. The second-order valence-electron chi connectivity index (χ2n) is 8.02. The maximum absolute atomic E-state index is 5.63. The smallest absolute Gasteiger partial charge is 0.191 e. The first kappa shape index (κ1) is 27.5. The van der Waals surface area contributed by atoms with Crippen molar-refractivity contribution in [2.45, 2.75) is 76.9 Å². The first-order valence-electron chi connectivity index (χ1n) is 11.2. The van der Waals surface area contributed by atoms with Crippen molar-refractivity contribution in [3.63, 3.8) is 0 Å². The van der Waals surface area contributed by atoms with Crippen LogP contribution in [0.3, 0.4) is 0 Å². The van der Waals surface area contributed by atoms with E-state index in [0.29, 0.717) is 12.0 Å². The Morgan fingerprint density at radius 1 is 1.23 bits per heavy atom. The van der Waals surface area contributed by atoms with Crippen LogP contribution in [-0.2, 0) is 11.2 Å². The Labute approximate surface area is 204 Å². The number of ether oxygens (including phenoxy) is 1. The Morgan fingerprint density at radius 2 is 2.00 bits per heavy atom. The Morgan fingerprint density at radius 3 is 2.67 bits per heavy atom. The van der Waals surface area contributed by atoms with Gasteiger partial charge in [0.2, 0.25) is 0 Å². The summed E-state index contributed by atoms with van der Waals surface area (Å²) in [6, 6.07) is 0.586. The summed E-state index contributed by atoms with van der Waals surface area (Å²) in [6.07, 6.45) is 10.1. The van der Waals surface area contributed by atoms with E-state index in [1.54, 1.807) is 11.8 Å². The number of aliphatic imine (C=N–C) groups is 1. The summed E-state index contributed by atoms with van der Waals surface area (Å²) in [5.74, 6) is 2.60. The van der Waals surface area contributed by atoms with Crippen molar-refractivity contribution < 1.29 is 4.74 Å². The molecule has 0 aromatic carbocycles. The third kappa shape index (κ3) is 9.72. The minimum absolute atomic E-state index is 0. The molecule has 2 rings (SSSR count). The fourth-order valence-electron chi connectivity index (χ4n) is 3.62. The highest BCUT2D eigenvalue weighted by Crippen LogP contribution is 2.33. The molecular weight excluding hydrogens is 511 g/mol. The van der Waals surface area contributed by atoms with Crippen molar-refractivity contribution >= 4 is 41.7 Å². The largest absolute Gasteiger partial charge is 0.381 e. The molecule has 9 heteroatoms. The van der Waals surface area contributed by atoms with Crippen LogP contribution in [0.1, 0.15) is 71.2 Å². The van der Waals surface area contributed by atoms with Gasteiger partial charge in [0.05, 0.1) is 0 Å². The van der Waals surface area contributed by atoms with Crippen molar-refractivity contribution in [2.75, 3.05) is 39.1 Å². The van der Waals surface area contributed by atoms with Crippen LogP contribution in [0.2, 0.25) is 0 Å². The topological polar surface area (TPSA) is 76.4 Å². The molecule has 2 N–H and O–H groups in total. The van der Waals surface area contributed by atoms with E-state index in [9.17, 15) is 0 Å². The lowest BCUT2D eigenvalue weighted by atomic mass is 10.2. The Balaban J connectivity index is 0.00000450. The van der Waals surface area contributed by atoms with Crippen LogP contribution in [0.4, 0.5) is 0 Å². The molecule has 1 aliphatic rings. The van der Waals surface area contributed by atoms with Crippen molar-refractivity contribution in [3.8, 4) is 0 Å². The number of thioether (sulfide) groups is 1. The Bertz CT molecular complexity index is 604. The molecule has 0 amide bonds. The van der Waals surface area contributed by atoms with Crippen LogP contribution in [0.25, 0.3) is 0 Å². The fourth-order valence-corrected chi connectivity index (χ4v) is 4.19. The molecule has 0 spiro atoms. The predicted octanol–water partition coefficient (Wildman–Crippen LogP) is 4.28. The predicted molar refractivity (Wildman–Crippen MR) is 137 cm³/mol. The number of hydrogen-bond acceptors (Lipinski definition) is 5. The van der Waals surface area contributed by atoms with Gasteiger partial charge in [-0.2, -0.15) is 0 Å². The minimum Gasteiger partial charge on any atom is -0.381 e. The zero-order valence-electron chi connectivity index (χ0n) is 19.2. The monoisotopic (exact) mass is 552 g/mol. The molecule has 1 aliphatic carbocycles. The second-order valence-corrected chi connectivity index (χ2v) is 8.80. The molecule has 0 atom stereocenters. The van der Waals surface area contributed by atoms with Gasteiger partial charge in [-0.15, -0.1) is 34.2 Å². The first-order valence-corrected chi connectivity index (χ1v) is 12.5. The summed E-state index contributed by atoms with van der Waals surface area (Å²) in [5.41, 5.74) is 0. The summed E-state index contributed by atoms with van der Waals surface area (Å²) < 4.78 is 8.02. The van der Waals surface area contributed by atoms with Crippen molar-refractivity contribution in [2.24, 2.45) is 10.9 Å². The van der Waals surface area contributed by atoms with Gasteiger partial charge in [0.1, 0.15) is 5.82 Å². The lowest BCUT2D eigenvalue weighted by Gasteiger charge is -2.16. The van der Waals surface area contributed by atoms with E-state index in [2.05, 4.69) is 52.4 Å². The van der Waals surface area contributed by atoms with Gasteiger partial charge in [-0.25, -0.2) is 0 Å². The zero-order chi connectivity index (χ0) is 20.9. The van der Waals surface area contributed by atoms with E-state index >= 15 is 0 Å². The molecule has 0 aliphatic heterocycles. The lowest BCUT2D eigenvalue weighted by molar-refractivity contribution is 0.108. The number of hydrogen-bond donors (Lipinski definition) is 2. The highest BCUT2D eigenvalue weighted by molar-refractivity contribution is 14.0. The normalized spacial score (nSPS) is 14.9. The number of aryl methyl sites for hydroxylation is 1. The first-order chi connectivity index (χ1) is 14.2. The Hall–Kier alpha value is -0.550. The summed E-state index contributed by atoms with van der Waals surface area (Å²) in [6.45, 7) is 10.6. The van der Waals surface area contributed by atoms with Crippen LogP contribution >= 0.6 is 35.7 Å². The van der Waals surface area contributed by atoms with Crippen LogP contribution in [-0.4, -0.2) is 59.8 Å². The Kier molecular flexibility index (Phi) is 14.8. The zero-order valence-corrected chi connectivity index (χ0v) is 22.3. The third-order valence-electron chi connectivity index (χ3n) is 4.99. The van der Waals surface area contributed by atoms with Gasteiger partial charge in [0.15, 0.2) is 11.1 Å². The summed E-state index contributed by atoms with van der Waals surface area (Å²) in [7, 11) is 0. The van der Waals surface area contributed by atoms with E-state index in [1.165, 1.54) is 25.7 Å². The van der Waals surface area contributed by atoms with Gasteiger partial charge in [-0.05, 0) is 44.8 Å². The van der Waals surface area contributed by atoms with E-state index < -0.39 is 0 Å². The molecule has 1 aromatic rings. The third-order valence-corrected chi connectivity index (χ3v) is 5.63. The van der Waals surface area contributed by atoms with Crippen molar-refractivity contribution in [1.82, 2.24) is 25.4 Å². The van der Waals surface area contributed by atoms with E-state index in [-0.39, 0.29) is 24.0 Å². The molecule has 0 saturated heterocycles. The molecule has 7 nitrogen and oxygen atoms in total. The van der Waals surface area contributed by atoms with Gasteiger partial charge in [0.25, 0.3) is 0 Å². The van der Waals surface area contributed by atoms with E-state index in [0.717, 1.165) is 69.1 Å². The molecule has 1 fully saturated rings. The number of halogens is 1. The molecule has 30 heavy (non-hydrogen) atoms. The quantitative estimate of drug-likeness (QED) is 0.125. The van der Waals surface area contributed by atoms with Gasteiger partial charge in [-0.3, -0.25) is 4.99 Å². The number of guanidine groups is 1. The second kappa shape index (κ2) is 16.1. The lowest BCUT2D eigenvalue weighted by Crippen LogP contribution is -2.38. The molecule has 1 heterocycles. The minimum atomic E-state index is 0. The molecule has 174 valence electrons. The van der Waals surface area contributed by atoms with Gasteiger partial charge < -0.3 is 19.9 Å². The number of nitrogens with zero attached hydrogens (tertiary/aromatic N) is 4. The van der Waals surface area contributed by atoms with Crippen molar-refractivity contribution in [3.05, 3.63) is 5.82 Å². The van der Waals surface area contributed by atoms with Gasteiger partial charge >= 0.3 is 0 Å². The average molecular weight is 553 g/mol. The summed E-state index contributed by atoms with van der Waals surface area (Å²) in [4.78, 5) is 4.72. The van der Waals surface area contributed by atoms with Crippen molar-refractivity contribution in [1.29, 1.82) is 0 Å². The molecule has 1 aromatic heterocycles. The molecule has 0 radical (unpaired) electrons. The highest BCUT2D eigenvalue weighted by Gasteiger charge is 2.23. The highest BCUT2D eigenvalue weighted by atomic mass is 127. The maximum atomic E-state index is 5.63. The van der Waals surface area contributed by atoms with E-state index in [4.69, 9.17) is 9.73 Å². The molecule has 0 bridgehead atoms. The van der Waals surface area contributed by atoms with Crippen LogP contribution < -0.4 is 10.6 Å². The molecule has 0 unspecified atom stereocenters. The molecule has 1 saturated carbocycles. The van der Waals surface area contributed by atoms with Crippen LogP contribution in [0.5, 0.6) is 0 Å². The summed E-state index contributed by atoms with van der Waals surface area (Å²) in [5, 5.41) is 16.7. The number of aromatic nitrogens is 3. The maximum Gasteiger partial charge on any atom is 0.191 e.